The van der Waals surface area contributed by atoms with Gasteiger partial charge in [-0.2, -0.15) is 0 Å². The van der Waals surface area contributed by atoms with E-state index in [1.165, 1.54) is 0 Å². The maximum atomic E-state index is 11.9. The van der Waals surface area contributed by atoms with Gasteiger partial charge in [0.2, 0.25) is 0 Å². The Balaban J connectivity index is 1.79. The molecule has 1 atom stereocenters. The van der Waals surface area contributed by atoms with Crippen molar-refractivity contribution in [1.29, 1.82) is 0 Å². The van der Waals surface area contributed by atoms with Gasteiger partial charge < -0.3 is 9.84 Å². The van der Waals surface area contributed by atoms with Gasteiger partial charge in [0.1, 0.15) is 16.8 Å². The van der Waals surface area contributed by atoms with Crippen LogP contribution in [0.1, 0.15) is 44.6 Å². The Labute approximate surface area is 173 Å². The smallest absolute Gasteiger partial charge is 0.310 e. The molecule has 1 aliphatic carbocycles. The van der Waals surface area contributed by atoms with Crippen LogP contribution >= 0.6 is 11.6 Å². The number of ether oxygens (including phenoxy) is 1. The quantitative estimate of drug-likeness (QED) is 0.520. The molecular weight excluding hydrogens is 392 g/mol. The summed E-state index contributed by atoms with van der Waals surface area (Å²) in [6, 6.07) is 9.12. The third kappa shape index (κ3) is 4.37. The van der Waals surface area contributed by atoms with Gasteiger partial charge in [0.25, 0.3) is 0 Å². The Morgan fingerprint density at radius 3 is 2.69 bits per heavy atom. The zero-order chi connectivity index (χ0) is 20.5. The zero-order valence-electron chi connectivity index (χ0n) is 16.4. The third-order valence-corrected chi connectivity index (χ3v) is 5.50. The number of hydrogen-bond donors (Lipinski definition) is 1. The molecule has 0 saturated heterocycles. The first-order chi connectivity index (χ1) is 13.9. The van der Waals surface area contributed by atoms with Gasteiger partial charge >= 0.3 is 5.97 Å². The van der Waals surface area contributed by atoms with Gasteiger partial charge in [0.05, 0.1) is 17.5 Å². The second kappa shape index (κ2) is 8.03. The van der Waals surface area contributed by atoms with Crippen LogP contribution in [-0.2, 0) is 4.79 Å². The zero-order valence-corrected chi connectivity index (χ0v) is 17.1. The number of hydrogen-bond acceptors (Lipinski definition) is 5. The van der Waals surface area contributed by atoms with Crippen LogP contribution in [0, 0.1) is 11.8 Å². The number of aromatic nitrogens is 2. The second-order valence-corrected chi connectivity index (χ2v) is 8.53. The molecule has 1 unspecified atom stereocenters. The average molecular weight is 415 g/mol. The Hall–Kier alpha value is -2.60. The summed E-state index contributed by atoms with van der Waals surface area (Å²) in [5.41, 5.74) is 3.50. The number of halogens is 1. The average Bonchev–Trinajstić information content (AvgIpc) is 3.38. The molecule has 0 bridgehead atoms. The molecule has 29 heavy (non-hydrogen) atoms. The number of carboxylic acids is 1. The van der Waals surface area contributed by atoms with E-state index in [0.29, 0.717) is 46.3 Å². The van der Waals surface area contributed by atoms with Crippen LogP contribution < -0.4 is 4.74 Å². The number of carbonyl (C=O) groups is 1. The van der Waals surface area contributed by atoms with E-state index < -0.39 is 11.9 Å². The highest BCUT2D eigenvalue weighted by atomic mass is 35.5. The summed E-state index contributed by atoms with van der Waals surface area (Å²) < 4.78 is 10.9. The summed E-state index contributed by atoms with van der Waals surface area (Å²) >= 11 is 6.68. The molecule has 152 valence electrons. The Kier molecular flexibility index (Phi) is 5.46. The fourth-order valence-corrected chi connectivity index (χ4v) is 3.81. The number of rotatable bonds is 8. The lowest BCUT2D eigenvalue weighted by molar-refractivity contribution is -0.139. The molecule has 7 heteroatoms. The van der Waals surface area contributed by atoms with E-state index in [1.807, 2.05) is 38.1 Å². The first-order valence-corrected chi connectivity index (χ1v) is 10.2. The molecule has 2 aromatic carbocycles. The summed E-state index contributed by atoms with van der Waals surface area (Å²) in [6.07, 6.45) is 2.85. The standard InChI is InChI=1S/C22H23ClN2O4/c1-12(2)7-16(22(26)27)15-8-17(23)21(20(10-15)28-11-13-3-4-13)14-5-6-18-19(9-14)25-29-24-18/h5-6,8-10,12-13,16H,3-4,7,11H2,1-2H3,(H,26,27). The van der Waals surface area contributed by atoms with E-state index >= 15 is 0 Å². The highest BCUT2D eigenvalue weighted by Crippen LogP contribution is 2.42. The maximum Gasteiger partial charge on any atom is 0.310 e. The van der Waals surface area contributed by atoms with E-state index in [0.717, 1.165) is 24.0 Å². The molecule has 1 saturated carbocycles. The van der Waals surface area contributed by atoms with Crippen molar-refractivity contribution in [1.82, 2.24) is 10.3 Å². The number of fused-ring (bicyclic) bond motifs is 1. The predicted molar refractivity (Wildman–Crippen MR) is 110 cm³/mol. The summed E-state index contributed by atoms with van der Waals surface area (Å²) in [7, 11) is 0. The number of aliphatic carboxylic acids is 1. The largest absolute Gasteiger partial charge is 0.493 e. The molecule has 0 spiro atoms. The van der Waals surface area contributed by atoms with E-state index in [4.69, 9.17) is 21.0 Å². The van der Waals surface area contributed by atoms with Gasteiger partial charge in [-0.05, 0) is 76.8 Å². The van der Waals surface area contributed by atoms with Crippen LogP contribution in [0.25, 0.3) is 22.2 Å². The number of nitrogens with zero attached hydrogens (tertiary/aromatic N) is 2. The normalized spacial score (nSPS) is 15.0. The van der Waals surface area contributed by atoms with Gasteiger partial charge in [-0.15, -0.1) is 0 Å². The van der Waals surface area contributed by atoms with Crippen molar-refractivity contribution in [3.63, 3.8) is 0 Å². The van der Waals surface area contributed by atoms with Crippen molar-refractivity contribution in [3.05, 3.63) is 40.9 Å². The first-order valence-electron chi connectivity index (χ1n) is 9.84. The van der Waals surface area contributed by atoms with Crippen molar-refractivity contribution >= 4 is 28.6 Å². The lowest BCUT2D eigenvalue weighted by Gasteiger charge is -2.20. The molecule has 1 fully saturated rings. The fraction of sp³-hybridized carbons (Fsp3) is 0.409. The van der Waals surface area contributed by atoms with E-state index in [-0.39, 0.29) is 5.92 Å². The van der Waals surface area contributed by atoms with E-state index in [1.54, 1.807) is 6.07 Å². The monoisotopic (exact) mass is 414 g/mol. The molecule has 1 aromatic heterocycles. The van der Waals surface area contributed by atoms with Crippen molar-refractivity contribution < 1.29 is 19.3 Å². The summed E-state index contributed by atoms with van der Waals surface area (Å²) in [5, 5.41) is 18.0. The summed E-state index contributed by atoms with van der Waals surface area (Å²) in [6.45, 7) is 4.62. The molecule has 0 radical (unpaired) electrons. The molecule has 6 nitrogen and oxygen atoms in total. The van der Waals surface area contributed by atoms with Gasteiger partial charge in [-0.25, -0.2) is 4.63 Å². The van der Waals surface area contributed by atoms with Crippen LogP contribution in [0.2, 0.25) is 5.02 Å². The third-order valence-electron chi connectivity index (χ3n) is 5.20. The minimum absolute atomic E-state index is 0.243. The predicted octanol–water partition coefficient (Wildman–Crippen LogP) is 5.55. The Morgan fingerprint density at radius 1 is 1.24 bits per heavy atom. The Bertz CT molecular complexity index is 1040. The van der Waals surface area contributed by atoms with Gasteiger partial charge in [0, 0.05) is 5.56 Å². The van der Waals surface area contributed by atoms with E-state index in [2.05, 4.69) is 10.3 Å². The Morgan fingerprint density at radius 2 is 2.00 bits per heavy atom. The lowest BCUT2D eigenvalue weighted by Crippen LogP contribution is -2.14. The fourth-order valence-electron chi connectivity index (χ4n) is 3.48. The topological polar surface area (TPSA) is 85.5 Å². The van der Waals surface area contributed by atoms with Crippen LogP contribution in [-0.4, -0.2) is 28.0 Å². The highest BCUT2D eigenvalue weighted by Gasteiger charge is 2.26. The van der Waals surface area contributed by atoms with Gasteiger partial charge in [-0.1, -0.05) is 31.5 Å². The minimum Gasteiger partial charge on any atom is -0.493 e. The molecule has 4 rings (SSSR count). The number of benzene rings is 2. The minimum atomic E-state index is -0.856. The lowest BCUT2D eigenvalue weighted by atomic mass is 9.89. The van der Waals surface area contributed by atoms with Crippen LogP contribution in [0.3, 0.4) is 0 Å². The van der Waals surface area contributed by atoms with Crippen molar-refractivity contribution in [2.24, 2.45) is 11.8 Å². The SMILES string of the molecule is CC(C)CC(C(=O)O)c1cc(Cl)c(-c2ccc3nonc3c2)c(OCC2CC2)c1. The molecular formula is C22H23ClN2O4. The molecule has 0 aliphatic heterocycles. The molecule has 0 amide bonds. The van der Waals surface area contributed by atoms with Crippen LogP contribution in [0.4, 0.5) is 0 Å². The van der Waals surface area contributed by atoms with Crippen molar-refractivity contribution in [2.75, 3.05) is 6.61 Å². The van der Waals surface area contributed by atoms with Crippen LogP contribution in [0.15, 0.2) is 35.0 Å². The first kappa shape index (κ1) is 19.7. The van der Waals surface area contributed by atoms with Gasteiger partial charge in [0.15, 0.2) is 0 Å². The van der Waals surface area contributed by atoms with Crippen molar-refractivity contribution in [3.8, 4) is 16.9 Å². The van der Waals surface area contributed by atoms with Gasteiger partial charge in [-0.3, -0.25) is 4.79 Å². The molecule has 1 heterocycles. The van der Waals surface area contributed by atoms with Crippen molar-refractivity contribution in [2.45, 2.75) is 39.0 Å². The van der Waals surface area contributed by atoms with Crippen LogP contribution in [0.5, 0.6) is 5.75 Å². The second-order valence-electron chi connectivity index (χ2n) is 8.12. The maximum absolute atomic E-state index is 11.9. The van der Waals surface area contributed by atoms with E-state index in [9.17, 15) is 9.90 Å². The molecule has 1 aliphatic rings. The molecule has 1 N–H and O–H groups in total. The summed E-state index contributed by atoms with van der Waals surface area (Å²) in [4.78, 5) is 11.9. The number of carboxylic acid groups (broad SMARTS) is 1. The highest BCUT2D eigenvalue weighted by molar-refractivity contribution is 6.34. The molecule has 3 aromatic rings. The summed E-state index contributed by atoms with van der Waals surface area (Å²) in [5.74, 6) is -0.0890.